The summed E-state index contributed by atoms with van der Waals surface area (Å²) in [4.78, 5) is 7.08. The van der Waals surface area contributed by atoms with Gasteiger partial charge < -0.3 is 20.3 Å². The van der Waals surface area contributed by atoms with Gasteiger partial charge in [0.2, 0.25) is 0 Å². The van der Waals surface area contributed by atoms with Crippen LogP contribution in [0.2, 0.25) is 0 Å². The molecule has 182 valence electrons. The molecule has 6 heteroatoms. The third-order valence-corrected chi connectivity index (χ3v) is 7.72. The van der Waals surface area contributed by atoms with Gasteiger partial charge in [-0.15, -0.1) is 0 Å². The highest BCUT2D eigenvalue weighted by Gasteiger charge is 2.31. The number of hydrogen-bond acceptors (Lipinski definition) is 6. The van der Waals surface area contributed by atoms with E-state index in [1.54, 1.807) is 0 Å². The molecule has 0 aromatic heterocycles. The van der Waals surface area contributed by atoms with Crippen LogP contribution in [0.1, 0.15) is 80.7 Å². The van der Waals surface area contributed by atoms with Crippen LogP contribution < -0.4 is 10.5 Å². The molecule has 1 aromatic rings. The van der Waals surface area contributed by atoms with Crippen molar-refractivity contribution in [3.63, 3.8) is 0 Å². The lowest BCUT2D eigenvalue weighted by atomic mass is 9.81. The van der Waals surface area contributed by atoms with Crippen LogP contribution in [0.15, 0.2) is 40.6 Å². The second-order valence-corrected chi connectivity index (χ2v) is 9.87. The molecule has 4 aliphatic rings. The van der Waals surface area contributed by atoms with E-state index < -0.39 is 6.23 Å². The van der Waals surface area contributed by atoms with Gasteiger partial charge in [-0.1, -0.05) is 19.1 Å². The molecule has 1 saturated heterocycles. The fraction of sp³-hybridized carbons (Fsp3) is 0.536. The molecule has 1 fully saturated rings. The number of hydrogen-bond donors (Lipinski definition) is 2. The molecular weight excluding hydrogens is 426 g/mol. The van der Waals surface area contributed by atoms with Crippen molar-refractivity contribution < 1.29 is 14.6 Å². The normalized spacial score (nSPS) is 25.4. The van der Waals surface area contributed by atoms with Crippen molar-refractivity contribution in [2.24, 2.45) is 10.7 Å². The van der Waals surface area contributed by atoms with E-state index in [1.165, 1.54) is 11.1 Å². The van der Waals surface area contributed by atoms with Gasteiger partial charge in [0.1, 0.15) is 18.6 Å². The van der Waals surface area contributed by atoms with Crippen molar-refractivity contribution in [2.45, 2.75) is 70.1 Å². The van der Waals surface area contributed by atoms with E-state index in [4.69, 9.17) is 20.2 Å². The van der Waals surface area contributed by atoms with Crippen LogP contribution in [0, 0.1) is 0 Å². The molecule has 0 saturated carbocycles. The third-order valence-electron chi connectivity index (χ3n) is 7.72. The summed E-state index contributed by atoms with van der Waals surface area (Å²) >= 11 is 0. The molecule has 6 nitrogen and oxygen atoms in total. The first kappa shape index (κ1) is 23.3. The zero-order valence-corrected chi connectivity index (χ0v) is 20.4. The van der Waals surface area contributed by atoms with Crippen molar-refractivity contribution >= 4 is 17.5 Å². The molecule has 3 N–H and O–H groups in total. The molecule has 1 aliphatic carbocycles. The number of aliphatic hydroxyl groups excluding tert-OH is 1. The minimum Gasteiger partial charge on any atom is -0.498 e. The second kappa shape index (κ2) is 10.1. The van der Waals surface area contributed by atoms with E-state index in [0.29, 0.717) is 29.9 Å². The topological polar surface area (TPSA) is 80.3 Å². The third kappa shape index (κ3) is 4.47. The second-order valence-electron chi connectivity index (χ2n) is 9.87. The van der Waals surface area contributed by atoms with E-state index in [2.05, 4.69) is 43.2 Å². The molecule has 1 aromatic carbocycles. The van der Waals surface area contributed by atoms with Crippen molar-refractivity contribution in [1.29, 1.82) is 0 Å². The summed E-state index contributed by atoms with van der Waals surface area (Å²) in [5.74, 6) is 2.09. The Labute approximate surface area is 202 Å². The Bertz CT molecular complexity index is 1050. The minimum atomic E-state index is -1.15. The first-order valence-corrected chi connectivity index (χ1v) is 12.8. The van der Waals surface area contributed by atoms with Gasteiger partial charge in [0.05, 0.1) is 23.6 Å². The number of likely N-dealkylation sites (tertiary alicyclic amines) is 1. The van der Waals surface area contributed by atoms with Gasteiger partial charge in [0.25, 0.3) is 0 Å². The molecule has 3 heterocycles. The largest absolute Gasteiger partial charge is 0.498 e. The molecule has 3 unspecified atom stereocenters. The summed E-state index contributed by atoms with van der Waals surface area (Å²) in [7, 11) is 2.12. The first-order chi connectivity index (χ1) is 16.6. The van der Waals surface area contributed by atoms with Crippen LogP contribution in [-0.4, -0.2) is 49.1 Å². The number of fused-ring (bicyclic) bond motifs is 1. The number of nitrogens with zero attached hydrogens (tertiary/aromatic N) is 2. The van der Waals surface area contributed by atoms with E-state index >= 15 is 0 Å². The number of ether oxygens (including phenoxy) is 2. The Morgan fingerprint density at radius 2 is 2.24 bits per heavy atom. The fourth-order valence-electron chi connectivity index (χ4n) is 5.50. The zero-order valence-electron chi connectivity index (χ0n) is 20.4. The van der Waals surface area contributed by atoms with Gasteiger partial charge in [-0.25, -0.2) is 0 Å². The summed E-state index contributed by atoms with van der Waals surface area (Å²) in [6.07, 6.45) is 14.6. The number of nitrogens with two attached hydrogens (primary N) is 1. The molecule has 0 amide bonds. The number of aliphatic hydroxyl groups is 1. The minimum absolute atomic E-state index is 0.322. The Balaban J connectivity index is 1.66. The van der Waals surface area contributed by atoms with Gasteiger partial charge in [-0.3, -0.25) is 9.89 Å². The van der Waals surface area contributed by atoms with E-state index in [0.717, 1.165) is 80.7 Å². The highest BCUT2D eigenvalue weighted by Crippen LogP contribution is 2.48. The van der Waals surface area contributed by atoms with Gasteiger partial charge in [0, 0.05) is 18.7 Å². The summed E-state index contributed by atoms with van der Waals surface area (Å²) < 4.78 is 12.4. The smallest absolute Gasteiger partial charge is 0.134 e. The number of aliphatic imine (C=N–C) groups is 1. The number of benzene rings is 1. The quantitative estimate of drug-likeness (QED) is 0.573. The van der Waals surface area contributed by atoms with Gasteiger partial charge >= 0.3 is 0 Å². The van der Waals surface area contributed by atoms with Crippen molar-refractivity contribution in [3.8, 4) is 5.75 Å². The lowest BCUT2D eigenvalue weighted by molar-refractivity contribution is 0.0749. The monoisotopic (exact) mass is 463 g/mol. The summed E-state index contributed by atoms with van der Waals surface area (Å²) in [6, 6.07) is 2.50. The van der Waals surface area contributed by atoms with E-state index in [1.807, 2.05) is 6.21 Å². The molecule has 3 aliphatic heterocycles. The van der Waals surface area contributed by atoms with Crippen LogP contribution in [-0.2, 0) is 4.74 Å². The Hall–Kier alpha value is -2.41. The standard InChI is InChI=1S/C28H37N3O3/c1-3-18-10-12-30-27-25(18)22(19-7-4-5-9-23-20(15-19)8-6-14-33-23)16-24(26(27)28(29)32)34-17-21-11-13-31(21)2/h4,7,12,15-16,18,21,28,32H,3,5-6,8-11,13-14,17,29H2,1-2H3. The molecule has 0 radical (unpaired) electrons. The SMILES string of the molecule is CCC1CC=Nc2c(C(N)O)c(OCC3CCN3C)cc(C3=CC4=C(CCC=C3)OCCC4)c21. The Morgan fingerprint density at radius 3 is 2.97 bits per heavy atom. The maximum atomic E-state index is 10.6. The van der Waals surface area contributed by atoms with Crippen LogP contribution in [0.25, 0.3) is 5.57 Å². The maximum absolute atomic E-state index is 10.6. The molecule has 5 rings (SSSR count). The molecular formula is C28H37N3O3. The van der Waals surface area contributed by atoms with Gasteiger partial charge in [-0.2, -0.15) is 0 Å². The first-order valence-electron chi connectivity index (χ1n) is 12.8. The Kier molecular flexibility index (Phi) is 6.91. The predicted octanol–water partition coefficient (Wildman–Crippen LogP) is 5.12. The number of allylic oxidation sites excluding steroid dienone is 6. The molecule has 34 heavy (non-hydrogen) atoms. The summed E-state index contributed by atoms with van der Waals surface area (Å²) in [5.41, 5.74) is 12.3. The highest BCUT2D eigenvalue weighted by molar-refractivity contribution is 5.86. The van der Waals surface area contributed by atoms with E-state index in [9.17, 15) is 5.11 Å². The lowest BCUT2D eigenvalue weighted by Crippen LogP contribution is -2.48. The lowest BCUT2D eigenvalue weighted by Gasteiger charge is -2.38. The van der Waals surface area contributed by atoms with Gasteiger partial charge in [-0.05, 0) is 92.5 Å². The maximum Gasteiger partial charge on any atom is 0.134 e. The van der Waals surface area contributed by atoms with E-state index in [-0.39, 0.29) is 0 Å². The molecule has 3 atom stereocenters. The average Bonchev–Trinajstić information content (AvgIpc) is 2.82. The van der Waals surface area contributed by atoms with Crippen LogP contribution in [0.3, 0.4) is 0 Å². The Morgan fingerprint density at radius 1 is 1.35 bits per heavy atom. The van der Waals surface area contributed by atoms with Crippen molar-refractivity contribution in [3.05, 3.63) is 52.3 Å². The summed E-state index contributed by atoms with van der Waals surface area (Å²) in [6.45, 7) is 4.69. The molecule has 0 bridgehead atoms. The van der Waals surface area contributed by atoms with Crippen molar-refractivity contribution in [1.82, 2.24) is 4.90 Å². The van der Waals surface area contributed by atoms with Gasteiger partial charge in [0.15, 0.2) is 0 Å². The highest BCUT2D eigenvalue weighted by atomic mass is 16.5. The van der Waals surface area contributed by atoms with Crippen molar-refractivity contribution in [2.75, 3.05) is 26.8 Å². The average molecular weight is 464 g/mol. The number of rotatable bonds is 6. The van der Waals surface area contributed by atoms with Crippen LogP contribution >= 0.6 is 0 Å². The fourth-order valence-corrected chi connectivity index (χ4v) is 5.50. The predicted molar refractivity (Wildman–Crippen MR) is 136 cm³/mol. The molecule has 0 spiro atoms. The van der Waals surface area contributed by atoms with Crippen LogP contribution in [0.5, 0.6) is 5.75 Å². The number of likely N-dealkylation sites (N-methyl/N-ethyl adjacent to an activating group) is 1. The zero-order chi connectivity index (χ0) is 23.7. The summed E-state index contributed by atoms with van der Waals surface area (Å²) in [5, 5.41) is 10.6. The van der Waals surface area contributed by atoms with Crippen LogP contribution in [0.4, 0.5) is 5.69 Å².